The van der Waals surface area contributed by atoms with Crippen molar-refractivity contribution in [2.24, 2.45) is 4.99 Å². The van der Waals surface area contributed by atoms with Crippen LogP contribution in [0.5, 0.6) is 5.75 Å². The molecule has 1 aliphatic rings. The van der Waals surface area contributed by atoms with Gasteiger partial charge in [-0.25, -0.2) is 0 Å². The first-order valence-corrected chi connectivity index (χ1v) is 11.0. The second-order valence-corrected chi connectivity index (χ2v) is 8.99. The molecule has 2 aromatic carbocycles. The maximum absolute atomic E-state index is 12.6. The average molecular weight is 437 g/mol. The van der Waals surface area contributed by atoms with Crippen LogP contribution in [-0.2, 0) is 11.4 Å². The van der Waals surface area contributed by atoms with Crippen molar-refractivity contribution >= 4 is 45.4 Å². The maximum atomic E-state index is 12.6. The average Bonchev–Trinajstić information content (AvgIpc) is 3.26. The number of aliphatic imine (C=N–C) groups is 1. The summed E-state index contributed by atoms with van der Waals surface area (Å²) in [7, 11) is 1.71. The molecule has 0 atom stereocenters. The Hall–Kier alpha value is -2.97. The number of rotatable bonds is 5. The molecule has 3 aromatic rings. The van der Waals surface area contributed by atoms with Crippen LogP contribution in [-0.4, -0.2) is 33.2 Å². The molecule has 0 spiro atoms. The Balaban J connectivity index is 1.48. The van der Waals surface area contributed by atoms with Gasteiger partial charge >= 0.3 is 0 Å². The number of nitrogens with zero attached hydrogens (tertiary/aromatic N) is 4. The van der Waals surface area contributed by atoms with Gasteiger partial charge in [0.25, 0.3) is 5.91 Å². The van der Waals surface area contributed by atoms with Crippen LogP contribution >= 0.6 is 23.1 Å². The summed E-state index contributed by atoms with van der Waals surface area (Å²) in [5, 5.41) is 9.94. The molecule has 0 N–H and O–H groups in total. The first kappa shape index (κ1) is 20.3. The Kier molecular flexibility index (Phi) is 5.96. The molecule has 30 heavy (non-hydrogen) atoms. The zero-order valence-corrected chi connectivity index (χ0v) is 18.5. The van der Waals surface area contributed by atoms with Crippen LogP contribution in [0.1, 0.15) is 21.7 Å². The van der Waals surface area contributed by atoms with Gasteiger partial charge in [0.1, 0.15) is 17.4 Å². The number of likely N-dealkylation sites (N-methyl/N-ethyl adjacent to an activating group) is 1. The molecule has 6 nitrogen and oxygen atoms in total. The number of ether oxygens (including phenoxy) is 1. The molecule has 0 bridgehead atoms. The molecule has 0 aliphatic carbocycles. The molecule has 152 valence electrons. The van der Waals surface area contributed by atoms with Crippen molar-refractivity contribution in [1.82, 2.24) is 15.1 Å². The second kappa shape index (κ2) is 8.81. The van der Waals surface area contributed by atoms with Crippen LogP contribution < -0.4 is 4.74 Å². The van der Waals surface area contributed by atoms with Gasteiger partial charge in [0.2, 0.25) is 5.13 Å². The van der Waals surface area contributed by atoms with E-state index in [0.29, 0.717) is 21.8 Å². The van der Waals surface area contributed by atoms with E-state index in [9.17, 15) is 4.79 Å². The fourth-order valence-electron chi connectivity index (χ4n) is 2.76. The molecule has 1 fully saturated rings. The molecule has 1 amide bonds. The van der Waals surface area contributed by atoms with Crippen LogP contribution in [0.25, 0.3) is 6.08 Å². The summed E-state index contributed by atoms with van der Waals surface area (Å²) in [5.41, 5.74) is 3.23. The van der Waals surface area contributed by atoms with Gasteiger partial charge in [-0.3, -0.25) is 9.69 Å². The van der Waals surface area contributed by atoms with E-state index in [1.165, 1.54) is 33.6 Å². The number of thioether (sulfide) groups is 1. The molecule has 1 aromatic heterocycles. The highest BCUT2D eigenvalue weighted by Gasteiger charge is 2.30. The minimum absolute atomic E-state index is 0.0917. The standard InChI is InChI=1S/C22H20N4O2S2/c1-14-7-9-16(10-8-14)13-28-18-6-4-5-17(11-18)12-19-20(27)26(3)22(30-19)23-21-25-24-15(2)29-21/h4-12H,13H2,1-3H3/b19-12-,23-22+. The third-order valence-corrected chi connectivity index (χ3v) is 6.18. The molecular formula is C22H20N4O2S2. The highest BCUT2D eigenvalue weighted by atomic mass is 32.2. The number of aryl methyl sites for hydroxylation is 2. The zero-order valence-electron chi connectivity index (χ0n) is 16.8. The van der Waals surface area contributed by atoms with E-state index in [1.54, 1.807) is 7.05 Å². The zero-order chi connectivity index (χ0) is 21.1. The highest BCUT2D eigenvalue weighted by Crippen LogP contribution is 2.34. The van der Waals surface area contributed by atoms with Crippen molar-refractivity contribution < 1.29 is 9.53 Å². The first-order chi connectivity index (χ1) is 14.5. The number of aromatic nitrogens is 2. The number of amides is 1. The van der Waals surface area contributed by atoms with Crippen LogP contribution in [0.15, 0.2) is 58.4 Å². The van der Waals surface area contributed by atoms with Crippen LogP contribution in [0.3, 0.4) is 0 Å². The lowest BCUT2D eigenvalue weighted by Crippen LogP contribution is -2.23. The topological polar surface area (TPSA) is 67.7 Å². The number of carbonyl (C=O) groups excluding carboxylic acids is 1. The fourth-order valence-corrected chi connectivity index (χ4v) is 4.35. The summed E-state index contributed by atoms with van der Waals surface area (Å²) >= 11 is 2.72. The molecule has 0 saturated carbocycles. The monoisotopic (exact) mass is 436 g/mol. The Morgan fingerprint density at radius 3 is 2.67 bits per heavy atom. The Morgan fingerprint density at radius 1 is 1.13 bits per heavy atom. The fraction of sp³-hybridized carbons (Fsp3) is 0.182. The summed E-state index contributed by atoms with van der Waals surface area (Å²) in [5.74, 6) is 0.665. The lowest BCUT2D eigenvalue weighted by atomic mass is 10.1. The number of benzene rings is 2. The molecule has 0 unspecified atom stereocenters. The van der Waals surface area contributed by atoms with Crippen molar-refractivity contribution in [3.63, 3.8) is 0 Å². The predicted octanol–water partition coefficient (Wildman–Crippen LogP) is 4.97. The number of hydrogen-bond donors (Lipinski definition) is 0. The van der Waals surface area contributed by atoms with E-state index in [1.807, 2.05) is 37.3 Å². The predicted molar refractivity (Wildman–Crippen MR) is 122 cm³/mol. The molecule has 2 heterocycles. The summed E-state index contributed by atoms with van der Waals surface area (Å²) < 4.78 is 5.92. The highest BCUT2D eigenvalue weighted by molar-refractivity contribution is 8.18. The quantitative estimate of drug-likeness (QED) is 0.529. The molecule has 1 saturated heterocycles. The van der Waals surface area contributed by atoms with Gasteiger partial charge in [-0.2, -0.15) is 4.99 Å². The van der Waals surface area contributed by atoms with E-state index in [2.05, 4.69) is 46.4 Å². The summed E-state index contributed by atoms with van der Waals surface area (Å²) in [6.07, 6.45) is 1.86. The number of amidine groups is 1. The van der Waals surface area contributed by atoms with Gasteiger partial charge in [-0.05, 0) is 54.9 Å². The van der Waals surface area contributed by atoms with Crippen molar-refractivity contribution in [2.45, 2.75) is 20.5 Å². The maximum Gasteiger partial charge on any atom is 0.266 e. The molecule has 4 rings (SSSR count). The molecule has 8 heteroatoms. The largest absolute Gasteiger partial charge is 0.489 e. The van der Waals surface area contributed by atoms with E-state index in [-0.39, 0.29) is 5.91 Å². The summed E-state index contributed by atoms with van der Waals surface area (Å²) in [6, 6.07) is 16.0. The molecule has 0 radical (unpaired) electrons. The van der Waals surface area contributed by atoms with E-state index in [0.717, 1.165) is 21.9 Å². The van der Waals surface area contributed by atoms with Crippen molar-refractivity contribution in [1.29, 1.82) is 0 Å². The van der Waals surface area contributed by atoms with Crippen LogP contribution in [0.2, 0.25) is 0 Å². The number of carbonyl (C=O) groups is 1. The van der Waals surface area contributed by atoms with E-state index >= 15 is 0 Å². The van der Waals surface area contributed by atoms with E-state index in [4.69, 9.17) is 4.74 Å². The second-order valence-electron chi connectivity index (χ2n) is 6.82. The van der Waals surface area contributed by atoms with Crippen molar-refractivity contribution in [3.8, 4) is 5.75 Å². The minimum Gasteiger partial charge on any atom is -0.489 e. The lowest BCUT2D eigenvalue weighted by molar-refractivity contribution is -0.121. The van der Waals surface area contributed by atoms with Gasteiger partial charge in [0, 0.05) is 7.05 Å². The van der Waals surface area contributed by atoms with Crippen LogP contribution in [0, 0.1) is 13.8 Å². The van der Waals surface area contributed by atoms with Gasteiger partial charge in [0.15, 0.2) is 5.17 Å². The van der Waals surface area contributed by atoms with Gasteiger partial charge < -0.3 is 4.74 Å². The van der Waals surface area contributed by atoms with E-state index < -0.39 is 0 Å². The molecule has 1 aliphatic heterocycles. The minimum atomic E-state index is -0.0917. The van der Waals surface area contributed by atoms with Crippen molar-refractivity contribution in [3.05, 3.63) is 75.1 Å². The van der Waals surface area contributed by atoms with Crippen molar-refractivity contribution in [2.75, 3.05) is 7.05 Å². The Labute approximate surface area is 183 Å². The van der Waals surface area contributed by atoms with Gasteiger partial charge in [-0.15, -0.1) is 10.2 Å². The third-order valence-electron chi connectivity index (χ3n) is 4.39. The number of hydrogen-bond acceptors (Lipinski definition) is 7. The van der Waals surface area contributed by atoms with Crippen LogP contribution in [0.4, 0.5) is 5.13 Å². The van der Waals surface area contributed by atoms with Gasteiger partial charge in [-0.1, -0.05) is 53.3 Å². The summed E-state index contributed by atoms with van der Waals surface area (Å²) in [6.45, 7) is 4.43. The third kappa shape index (κ3) is 4.77. The Morgan fingerprint density at radius 2 is 1.93 bits per heavy atom. The smallest absolute Gasteiger partial charge is 0.266 e. The molecular weight excluding hydrogens is 416 g/mol. The first-order valence-electron chi connectivity index (χ1n) is 9.33. The van der Waals surface area contributed by atoms with Gasteiger partial charge in [0.05, 0.1) is 4.91 Å². The lowest BCUT2D eigenvalue weighted by Gasteiger charge is -2.07. The Bertz CT molecular complexity index is 1140. The normalized spacial score (nSPS) is 16.6. The SMILES string of the molecule is Cc1ccc(COc2cccc(/C=C3\S/C(=N/c4nnc(C)s4)N(C)C3=O)c2)cc1. The summed E-state index contributed by atoms with van der Waals surface area (Å²) in [4.78, 5) is 19.2.